The number of fused-ring (bicyclic) bond motifs is 1. The maximum atomic E-state index is 12.5. The Bertz CT molecular complexity index is 748. The minimum absolute atomic E-state index is 0.0388. The summed E-state index contributed by atoms with van der Waals surface area (Å²) in [6.45, 7) is 0. The van der Waals surface area contributed by atoms with Crippen LogP contribution >= 0.6 is 0 Å². The van der Waals surface area contributed by atoms with Gasteiger partial charge in [-0.1, -0.05) is 36.4 Å². The number of aryl methyl sites for hydroxylation is 1. The van der Waals surface area contributed by atoms with Gasteiger partial charge in [0.15, 0.2) is 5.78 Å². The Morgan fingerprint density at radius 3 is 2.52 bits per heavy atom. The van der Waals surface area contributed by atoms with E-state index in [2.05, 4.69) is 0 Å². The second-order valence-corrected chi connectivity index (χ2v) is 5.01. The van der Waals surface area contributed by atoms with Gasteiger partial charge in [0.1, 0.15) is 0 Å². The predicted molar refractivity (Wildman–Crippen MR) is 80.2 cm³/mol. The van der Waals surface area contributed by atoms with Gasteiger partial charge in [-0.3, -0.25) is 14.9 Å². The molecule has 0 spiro atoms. The van der Waals surface area contributed by atoms with Gasteiger partial charge in [0.2, 0.25) is 0 Å². The number of carbonyl (C=O) groups is 1. The fourth-order valence-corrected chi connectivity index (χ4v) is 2.55. The molecule has 4 nitrogen and oxygen atoms in total. The number of ketones is 1. The van der Waals surface area contributed by atoms with Crippen molar-refractivity contribution < 1.29 is 9.72 Å². The molecule has 21 heavy (non-hydrogen) atoms. The van der Waals surface area contributed by atoms with Crippen molar-refractivity contribution in [1.82, 2.24) is 0 Å². The zero-order valence-corrected chi connectivity index (χ0v) is 11.3. The van der Waals surface area contributed by atoms with Crippen LogP contribution in [0.1, 0.15) is 27.9 Å². The van der Waals surface area contributed by atoms with Crippen LogP contribution in [-0.4, -0.2) is 10.7 Å². The summed E-state index contributed by atoms with van der Waals surface area (Å²) in [5, 5.41) is 10.8. The van der Waals surface area contributed by atoms with E-state index in [0.717, 1.165) is 17.5 Å². The average Bonchev–Trinajstić information content (AvgIpc) is 2.51. The summed E-state index contributed by atoms with van der Waals surface area (Å²) in [6, 6.07) is 14.1. The number of rotatable bonds is 2. The van der Waals surface area contributed by atoms with Crippen LogP contribution in [0.4, 0.5) is 5.69 Å². The number of non-ortho nitro benzene ring substituents is 1. The Balaban J connectivity index is 2.00. The van der Waals surface area contributed by atoms with Crippen molar-refractivity contribution in [2.24, 2.45) is 0 Å². The number of benzene rings is 2. The van der Waals surface area contributed by atoms with Crippen LogP contribution in [-0.2, 0) is 6.42 Å². The first kappa shape index (κ1) is 13.2. The summed E-state index contributed by atoms with van der Waals surface area (Å²) in [5.74, 6) is -0.108. The summed E-state index contributed by atoms with van der Waals surface area (Å²) < 4.78 is 0. The quantitative estimate of drug-likeness (QED) is 0.477. The molecule has 0 aliphatic heterocycles. The number of nitro benzene ring substituents is 1. The Morgan fingerprint density at radius 1 is 1.05 bits per heavy atom. The van der Waals surface area contributed by atoms with Gasteiger partial charge >= 0.3 is 0 Å². The molecule has 2 aromatic carbocycles. The third-order valence-electron chi connectivity index (χ3n) is 3.64. The first-order valence-corrected chi connectivity index (χ1v) is 6.73. The number of Topliss-reactive ketones (excluding diaryl/α,β-unsaturated/α-hetero) is 1. The number of carbonyl (C=O) groups excluding carboxylic acids is 1. The molecule has 0 fully saturated rings. The minimum atomic E-state index is -0.469. The largest absolute Gasteiger partial charge is 0.289 e. The molecule has 0 aromatic heterocycles. The highest BCUT2D eigenvalue weighted by Gasteiger charge is 2.24. The Morgan fingerprint density at radius 2 is 1.81 bits per heavy atom. The van der Waals surface area contributed by atoms with E-state index < -0.39 is 4.92 Å². The van der Waals surface area contributed by atoms with E-state index in [1.165, 1.54) is 12.1 Å². The van der Waals surface area contributed by atoms with Gasteiger partial charge in [0.25, 0.3) is 5.69 Å². The van der Waals surface area contributed by atoms with Gasteiger partial charge in [0, 0.05) is 23.3 Å². The van der Waals surface area contributed by atoms with Gasteiger partial charge in [-0.15, -0.1) is 0 Å². The van der Waals surface area contributed by atoms with Crippen LogP contribution in [0.5, 0.6) is 0 Å². The smallest absolute Gasteiger partial charge is 0.270 e. The highest BCUT2D eigenvalue weighted by Crippen LogP contribution is 2.29. The molecule has 0 atom stereocenters. The molecular formula is C17H13NO3. The maximum Gasteiger partial charge on any atom is 0.270 e. The van der Waals surface area contributed by atoms with Crippen molar-refractivity contribution in [3.63, 3.8) is 0 Å². The molecule has 0 radical (unpaired) electrons. The molecule has 0 saturated heterocycles. The molecule has 104 valence electrons. The van der Waals surface area contributed by atoms with Crippen molar-refractivity contribution in [3.05, 3.63) is 80.9 Å². The van der Waals surface area contributed by atoms with Crippen LogP contribution in [0.15, 0.2) is 54.1 Å². The van der Waals surface area contributed by atoms with E-state index in [-0.39, 0.29) is 11.5 Å². The lowest BCUT2D eigenvalue weighted by Gasteiger charge is -2.17. The van der Waals surface area contributed by atoms with E-state index in [1.807, 2.05) is 36.4 Å². The number of allylic oxidation sites excluding steroid dienone is 1. The molecule has 0 amide bonds. The zero-order chi connectivity index (χ0) is 14.8. The molecule has 0 unspecified atom stereocenters. The topological polar surface area (TPSA) is 60.2 Å². The monoisotopic (exact) mass is 279 g/mol. The van der Waals surface area contributed by atoms with Gasteiger partial charge in [-0.05, 0) is 30.0 Å². The summed E-state index contributed by atoms with van der Waals surface area (Å²) in [7, 11) is 0. The third-order valence-corrected chi connectivity index (χ3v) is 3.64. The SMILES string of the molecule is O=C1/C(=C\c2ccccc2)CCc2ccc([N+](=O)[O-])cc21. The lowest BCUT2D eigenvalue weighted by molar-refractivity contribution is -0.384. The predicted octanol–water partition coefficient (Wildman–Crippen LogP) is 3.81. The number of hydrogen-bond acceptors (Lipinski definition) is 3. The van der Waals surface area contributed by atoms with Gasteiger partial charge in [-0.2, -0.15) is 0 Å². The van der Waals surface area contributed by atoms with Crippen LogP contribution in [0, 0.1) is 10.1 Å². The highest BCUT2D eigenvalue weighted by atomic mass is 16.6. The second-order valence-electron chi connectivity index (χ2n) is 5.01. The van der Waals surface area contributed by atoms with Gasteiger partial charge in [-0.25, -0.2) is 0 Å². The van der Waals surface area contributed by atoms with Crippen LogP contribution in [0.3, 0.4) is 0 Å². The Hall–Kier alpha value is -2.75. The van der Waals surface area contributed by atoms with E-state index in [0.29, 0.717) is 17.6 Å². The summed E-state index contributed by atoms with van der Waals surface area (Å²) in [5.41, 5.74) is 2.97. The highest BCUT2D eigenvalue weighted by molar-refractivity contribution is 6.13. The van der Waals surface area contributed by atoms with Crippen molar-refractivity contribution in [2.45, 2.75) is 12.8 Å². The van der Waals surface area contributed by atoms with Gasteiger partial charge in [0.05, 0.1) is 4.92 Å². The van der Waals surface area contributed by atoms with E-state index in [1.54, 1.807) is 6.07 Å². The average molecular weight is 279 g/mol. The molecule has 3 rings (SSSR count). The van der Waals surface area contributed by atoms with Gasteiger partial charge < -0.3 is 0 Å². The van der Waals surface area contributed by atoms with Crippen molar-refractivity contribution >= 4 is 17.5 Å². The van der Waals surface area contributed by atoms with Crippen LogP contribution in [0.2, 0.25) is 0 Å². The molecular weight excluding hydrogens is 266 g/mol. The maximum absolute atomic E-state index is 12.5. The molecule has 0 heterocycles. The number of hydrogen-bond donors (Lipinski definition) is 0. The van der Waals surface area contributed by atoms with E-state index in [4.69, 9.17) is 0 Å². The molecule has 1 aliphatic rings. The lowest BCUT2D eigenvalue weighted by atomic mass is 9.86. The van der Waals surface area contributed by atoms with Crippen molar-refractivity contribution in [1.29, 1.82) is 0 Å². The lowest BCUT2D eigenvalue weighted by Crippen LogP contribution is -2.14. The second kappa shape index (κ2) is 5.32. The molecule has 4 heteroatoms. The first-order valence-electron chi connectivity index (χ1n) is 6.73. The minimum Gasteiger partial charge on any atom is -0.289 e. The van der Waals surface area contributed by atoms with E-state index in [9.17, 15) is 14.9 Å². The standard InChI is InChI=1S/C17H13NO3/c19-17-14(10-12-4-2-1-3-5-12)7-6-13-8-9-15(18(20)21)11-16(13)17/h1-5,8-11H,6-7H2/b14-10-. The zero-order valence-electron chi connectivity index (χ0n) is 11.3. The van der Waals surface area contributed by atoms with Crippen molar-refractivity contribution in [2.75, 3.05) is 0 Å². The molecule has 0 bridgehead atoms. The number of nitrogens with zero attached hydrogens (tertiary/aromatic N) is 1. The molecule has 0 N–H and O–H groups in total. The first-order chi connectivity index (χ1) is 10.1. The normalized spacial score (nSPS) is 15.8. The summed E-state index contributed by atoms with van der Waals surface area (Å²) in [6.07, 6.45) is 3.26. The fourth-order valence-electron chi connectivity index (χ4n) is 2.55. The van der Waals surface area contributed by atoms with Crippen molar-refractivity contribution in [3.8, 4) is 0 Å². The Labute approximate surface area is 121 Å². The summed E-state index contributed by atoms with van der Waals surface area (Å²) >= 11 is 0. The number of nitro groups is 1. The van der Waals surface area contributed by atoms with Crippen LogP contribution < -0.4 is 0 Å². The van der Waals surface area contributed by atoms with E-state index >= 15 is 0 Å². The molecule has 2 aromatic rings. The molecule has 0 saturated carbocycles. The summed E-state index contributed by atoms with van der Waals surface area (Å²) in [4.78, 5) is 22.9. The Kier molecular flexibility index (Phi) is 3.36. The fraction of sp³-hybridized carbons (Fsp3) is 0.118. The third kappa shape index (κ3) is 2.60. The van der Waals surface area contributed by atoms with Crippen LogP contribution in [0.25, 0.3) is 6.08 Å². The molecule has 1 aliphatic carbocycles.